The van der Waals surface area contributed by atoms with Gasteiger partial charge in [0.1, 0.15) is 11.5 Å². The second-order valence-electron chi connectivity index (χ2n) is 5.98. The number of carbonyl (C=O) groups excluding carboxylic acids is 1. The summed E-state index contributed by atoms with van der Waals surface area (Å²) >= 11 is 5.84. The fourth-order valence-electron chi connectivity index (χ4n) is 2.61. The average molecular weight is 370 g/mol. The fraction of sp³-hybridized carbons (Fsp3) is 0.190. The van der Waals surface area contributed by atoms with Gasteiger partial charge in [-0.05, 0) is 65.7 Å². The van der Waals surface area contributed by atoms with Gasteiger partial charge in [-0.1, -0.05) is 29.8 Å². The number of halogens is 1. The Kier molecular flexibility index (Phi) is 5.64. The van der Waals surface area contributed by atoms with Gasteiger partial charge in [0, 0.05) is 11.6 Å². The predicted octanol–water partition coefficient (Wildman–Crippen LogP) is 4.59. The summed E-state index contributed by atoms with van der Waals surface area (Å²) in [5.41, 5.74) is 1.02. The maximum atomic E-state index is 12.3. The molecule has 5 heteroatoms. The Morgan fingerprint density at radius 1 is 1.00 bits per heavy atom. The van der Waals surface area contributed by atoms with E-state index in [0.29, 0.717) is 17.3 Å². The Morgan fingerprint density at radius 2 is 1.65 bits per heavy atom. The first-order chi connectivity index (χ1) is 12.5. The molecule has 0 unspecified atom stereocenters. The molecule has 3 aromatic carbocycles. The highest BCUT2D eigenvalue weighted by Gasteiger charge is 2.14. The molecular weight excluding hydrogens is 350 g/mol. The van der Waals surface area contributed by atoms with Gasteiger partial charge in [0.05, 0.1) is 7.11 Å². The van der Waals surface area contributed by atoms with E-state index in [1.54, 1.807) is 38.3 Å². The number of fused-ring (bicyclic) bond motifs is 1. The minimum atomic E-state index is -0.596. The number of carbonyl (C=O) groups is 1. The molecule has 0 fully saturated rings. The van der Waals surface area contributed by atoms with Gasteiger partial charge < -0.3 is 14.8 Å². The number of ether oxygens (including phenoxy) is 2. The molecule has 0 aromatic heterocycles. The number of hydrogen-bond donors (Lipinski definition) is 1. The van der Waals surface area contributed by atoms with Crippen LogP contribution in [0.25, 0.3) is 10.8 Å². The highest BCUT2D eigenvalue weighted by Crippen LogP contribution is 2.22. The first-order valence-electron chi connectivity index (χ1n) is 8.32. The van der Waals surface area contributed by atoms with Gasteiger partial charge >= 0.3 is 0 Å². The van der Waals surface area contributed by atoms with Crippen LogP contribution < -0.4 is 14.8 Å². The minimum Gasteiger partial charge on any atom is -0.497 e. The number of hydrogen-bond acceptors (Lipinski definition) is 3. The Labute approximate surface area is 157 Å². The van der Waals surface area contributed by atoms with E-state index in [1.165, 1.54) is 0 Å². The van der Waals surface area contributed by atoms with Crippen molar-refractivity contribution in [2.75, 3.05) is 7.11 Å². The van der Waals surface area contributed by atoms with Crippen molar-refractivity contribution in [2.24, 2.45) is 0 Å². The summed E-state index contributed by atoms with van der Waals surface area (Å²) in [5.74, 6) is 1.26. The third-order valence-corrected chi connectivity index (χ3v) is 4.33. The molecule has 0 aliphatic carbocycles. The lowest BCUT2D eigenvalue weighted by Gasteiger charge is -2.15. The van der Waals surface area contributed by atoms with E-state index in [4.69, 9.17) is 21.1 Å². The molecule has 0 aliphatic rings. The lowest BCUT2D eigenvalue weighted by Crippen LogP contribution is -2.35. The van der Waals surface area contributed by atoms with Crippen LogP contribution in [0, 0.1) is 0 Å². The van der Waals surface area contributed by atoms with Gasteiger partial charge in [-0.15, -0.1) is 0 Å². The van der Waals surface area contributed by atoms with Crippen molar-refractivity contribution in [3.8, 4) is 11.5 Å². The third kappa shape index (κ3) is 4.46. The van der Waals surface area contributed by atoms with Crippen LogP contribution in [0.4, 0.5) is 0 Å². The zero-order chi connectivity index (χ0) is 18.5. The quantitative estimate of drug-likeness (QED) is 0.691. The lowest BCUT2D eigenvalue weighted by molar-refractivity contribution is -0.127. The first-order valence-corrected chi connectivity index (χ1v) is 8.69. The number of benzene rings is 3. The molecule has 0 spiro atoms. The van der Waals surface area contributed by atoms with Gasteiger partial charge in [0.2, 0.25) is 0 Å². The topological polar surface area (TPSA) is 47.6 Å². The average Bonchev–Trinajstić information content (AvgIpc) is 2.67. The van der Waals surface area contributed by atoms with Crippen molar-refractivity contribution in [1.29, 1.82) is 0 Å². The second kappa shape index (κ2) is 8.11. The molecule has 0 radical (unpaired) electrons. The van der Waals surface area contributed by atoms with E-state index in [9.17, 15) is 4.79 Å². The van der Waals surface area contributed by atoms with Crippen molar-refractivity contribution in [3.63, 3.8) is 0 Å². The van der Waals surface area contributed by atoms with Gasteiger partial charge in [-0.3, -0.25) is 4.79 Å². The number of methoxy groups -OCH3 is 1. The summed E-state index contributed by atoms with van der Waals surface area (Å²) < 4.78 is 10.9. The van der Waals surface area contributed by atoms with E-state index >= 15 is 0 Å². The molecule has 134 valence electrons. The molecule has 3 rings (SSSR count). The zero-order valence-corrected chi connectivity index (χ0v) is 15.4. The molecule has 4 nitrogen and oxygen atoms in total. The highest BCUT2D eigenvalue weighted by molar-refractivity contribution is 6.30. The summed E-state index contributed by atoms with van der Waals surface area (Å²) in [6.45, 7) is 2.16. The SMILES string of the molecule is COc1ccc2cc(CNC(=O)[C@@H](C)Oc3ccc(Cl)cc3)ccc2c1. The van der Waals surface area contributed by atoms with Gasteiger partial charge in [0.25, 0.3) is 5.91 Å². The molecule has 0 saturated carbocycles. The number of nitrogens with one attached hydrogen (secondary N) is 1. The van der Waals surface area contributed by atoms with E-state index in [-0.39, 0.29) is 5.91 Å². The third-order valence-electron chi connectivity index (χ3n) is 4.07. The molecule has 0 bridgehead atoms. The van der Waals surface area contributed by atoms with Crippen LogP contribution in [0.3, 0.4) is 0 Å². The largest absolute Gasteiger partial charge is 0.497 e. The first kappa shape index (κ1) is 18.1. The standard InChI is InChI=1S/C21H20ClNO3/c1-14(26-19-9-6-18(22)7-10-19)21(24)23-13-15-3-4-17-12-20(25-2)8-5-16(17)11-15/h3-12,14H,13H2,1-2H3,(H,23,24)/t14-/m1/s1. The second-order valence-corrected chi connectivity index (χ2v) is 6.42. The van der Waals surface area contributed by atoms with Crippen molar-refractivity contribution in [1.82, 2.24) is 5.32 Å². The van der Waals surface area contributed by atoms with Crippen LogP contribution in [0.15, 0.2) is 60.7 Å². The summed E-state index contributed by atoms with van der Waals surface area (Å²) in [6, 6.07) is 18.9. The normalized spacial score (nSPS) is 11.8. The van der Waals surface area contributed by atoms with Crippen LogP contribution in [0.1, 0.15) is 12.5 Å². The Bertz CT molecular complexity index is 909. The zero-order valence-electron chi connectivity index (χ0n) is 14.7. The Balaban J connectivity index is 1.59. The highest BCUT2D eigenvalue weighted by atomic mass is 35.5. The van der Waals surface area contributed by atoms with E-state index in [0.717, 1.165) is 22.1 Å². The van der Waals surface area contributed by atoms with Crippen LogP contribution in [0.2, 0.25) is 5.02 Å². The fourth-order valence-corrected chi connectivity index (χ4v) is 2.74. The molecule has 0 aliphatic heterocycles. The van der Waals surface area contributed by atoms with Crippen LogP contribution >= 0.6 is 11.6 Å². The van der Waals surface area contributed by atoms with Crippen LogP contribution in [-0.4, -0.2) is 19.1 Å². The molecule has 0 heterocycles. The maximum Gasteiger partial charge on any atom is 0.261 e. The summed E-state index contributed by atoms with van der Waals surface area (Å²) in [5, 5.41) is 5.73. The maximum absolute atomic E-state index is 12.3. The molecule has 1 amide bonds. The van der Waals surface area contributed by atoms with Crippen molar-refractivity contribution < 1.29 is 14.3 Å². The molecular formula is C21H20ClNO3. The van der Waals surface area contributed by atoms with Crippen molar-refractivity contribution in [2.45, 2.75) is 19.6 Å². The smallest absolute Gasteiger partial charge is 0.261 e. The van der Waals surface area contributed by atoms with Gasteiger partial charge in [-0.25, -0.2) is 0 Å². The summed E-state index contributed by atoms with van der Waals surface area (Å²) in [4.78, 5) is 12.3. The van der Waals surface area contributed by atoms with E-state index < -0.39 is 6.10 Å². The predicted molar refractivity (Wildman–Crippen MR) is 104 cm³/mol. The molecule has 1 N–H and O–H groups in total. The van der Waals surface area contributed by atoms with Crippen molar-refractivity contribution >= 4 is 28.3 Å². The van der Waals surface area contributed by atoms with Gasteiger partial charge in [-0.2, -0.15) is 0 Å². The molecule has 1 atom stereocenters. The van der Waals surface area contributed by atoms with Crippen molar-refractivity contribution in [3.05, 3.63) is 71.2 Å². The Morgan fingerprint density at radius 3 is 2.38 bits per heavy atom. The van der Waals surface area contributed by atoms with E-state index in [2.05, 4.69) is 11.4 Å². The monoisotopic (exact) mass is 369 g/mol. The van der Waals surface area contributed by atoms with E-state index in [1.807, 2.05) is 30.3 Å². The summed E-state index contributed by atoms with van der Waals surface area (Å²) in [6.07, 6.45) is -0.596. The molecule has 3 aromatic rings. The van der Waals surface area contributed by atoms with Gasteiger partial charge in [0.15, 0.2) is 6.10 Å². The lowest BCUT2D eigenvalue weighted by atomic mass is 10.1. The number of amides is 1. The minimum absolute atomic E-state index is 0.172. The van der Waals surface area contributed by atoms with Crippen LogP contribution in [-0.2, 0) is 11.3 Å². The Hall–Kier alpha value is -2.72. The summed E-state index contributed by atoms with van der Waals surface area (Å²) in [7, 11) is 1.65. The molecule has 0 saturated heterocycles. The molecule has 26 heavy (non-hydrogen) atoms. The number of rotatable bonds is 6. The van der Waals surface area contributed by atoms with Crippen LogP contribution in [0.5, 0.6) is 11.5 Å².